The second-order valence-electron chi connectivity index (χ2n) is 2.81. The lowest BCUT2D eigenvalue weighted by Crippen LogP contribution is -2.21. The van der Waals surface area contributed by atoms with Crippen molar-refractivity contribution in [3.8, 4) is 0 Å². The highest BCUT2D eigenvalue weighted by atomic mass is 16.6. The van der Waals surface area contributed by atoms with E-state index in [0.717, 1.165) is 18.7 Å². The van der Waals surface area contributed by atoms with Crippen molar-refractivity contribution < 1.29 is 4.84 Å². The molecule has 58 valence electrons. The lowest BCUT2D eigenvalue weighted by Gasteiger charge is -2.11. The summed E-state index contributed by atoms with van der Waals surface area (Å²) < 4.78 is 0. The van der Waals surface area contributed by atoms with Crippen molar-refractivity contribution in [2.45, 2.75) is 19.4 Å². The molecule has 0 aromatic heterocycles. The van der Waals surface area contributed by atoms with E-state index in [0.29, 0.717) is 6.04 Å². The molecule has 0 bridgehead atoms. The van der Waals surface area contributed by atoms with Gasteiger partial charge in [0.2, 0.25) is 0 Å². The third-order valence-corrected chi connectivity index (χ3v) is 1.94. The summed E-state index contributed by atoms with van der Waals surface area (Å²) in [6, 6.07) is 0.619. The van der Waals surface area contributed by atoms with Crippen LogP contribution in [-0.2, 0) is 4.84 Å². The Balaban J connectivity index is 2.49. The Morgan fingerprint density at radius 1 is 1.70 bits per heavy atom. The molecule has 0 amide bonds. The van der Waals surface area contributed by atoms with Crippen molar-refractivity contribution in [3.63, 3.8) is 0 Å². The first-order valence-electron chi connectivity index (χ1n) is 3.53. The van der Waals surface area contributed by atoms with Crippen molar-refractivity contribution in [3.05, 3.63) is 0 Å². The monoisotopic (exact) mass is 142 g/mol. The summed E-state index contributed by atoms with van der Waals surface area (Å²) in [5.41, 5.74) is 1.15. The number of hydrogen-bond donors (Lipinski definition) is 0. The highest BCUT2D eigenvalue weighted by Crippen LogP contribution is 2.11. The van der Waals surface area contributed by atoms with Crippen LogP contribution in [0.5, 0.6) is 0 Å². The number of hydrogen-bond acceptors (Lipinski definition) is 3. The van der Waals surface area contributed by atoms with Crippen LogP contribution in [0.4, 0.5) is 0 Å². The van der Waals surface area contributed by atoms with Crippen LogP contribution in [0.1, 0.15) is 13.3 Å². The van der Waals surface area contributed by atoms with Gasteiger partial charge in [-0.3, -0.25) is 4.90 Å². The van der Waals surface area contributed by atoms with Crippen LogP contribution in [0.2, 0.25) is 0 Å². The fraction of sp³-hybridized carbons (Fsp3) is 0.857. The Hall–Kier alpha value is -0.570. The standard InChI is InChI=1S/C7H14N2O/c1-6-4-7(8-10-3)5-9(6)2/h6H,4-5H2,1-3H3/b8-7-. The van der Waals surface area contributed by atoms with Crippen LogP contribution in [0, 0.1) is 0 Å². The fourth-order valence-corrected chi connectivity index (χ4v) is 1.20. The molecule has 1 aliphatic rings. The molecule has 10 heavy (non-hydrogen) atoms. The van der Waals surface area contributed by atoms with Crippen LogP contribution >= 0.6 is 0 Å². The maximum absolute atomic E-state index is 4.68. The molecular formula is C7H14N2O. The van der Waals surface area contributed by atoms with Gasteiger partial charge in [0.15, 0.2) is 0 Å². The molecule has 0 aromatic carbocycles. The molecule has 1 unspecified atom stereocenters. The largest absolute Gasteiger partial charge is 0.399 e. The first-order valence-corrected chi connectivity index (χ1v) is 3.53. The number of likely N-dealkylation sites (tertiary alicyclic amines) is 1. The summed E-state index contributed by atoms with van der Waals surface area (Å²) in [4.78, 5) is 6.95. The van der Waals surface area contributed by atoms with Gasteiger partial charge in [-0.15, -0.1) is 0 Å². The topological polar surface area (TPSA) is 24.8 Å². The Bertz CT molecular complexity index is 133. The molecule has 1 rings (SSSR count). The van der Waals surface area contributed by atoms with Crippen molar-refractivity contribution in [1.29, 1.82) is 0 Å². The average molecular weight is 142 g/mol. The van der Waals surface area contributed by atoms with Gasteiger partial charge < -0.3 is 4.84 Å². The second kappa shape index (κ2) is 3.01. The van der Waals surface area contributed by atoms with E-state index in [4.69, 9.17) is 0 Å². The highest BCUT2D eigenvalue weighted by Gasteiger charge is 2.21. The summed E-state index contributed by atoms with van der Waals surface area (Å²) in [5, 5.41) is 3.90. The lowest BCUT2D eigenvalue weighted by molar-refractivity contribution is 0.212. The van der Waals surface area contributed by atoms with E-state index in [1.54, 1.807) is 7.11 Å². The van der Waals surface area contributed by atoms with Gasteiger partial charge in [0, 0.05) is 19.0 Å². The zero-order valence-corrected chi connectivity index (χ0v) is 6.79. The van der Waals surface area contributed by atoms with Crippen molar-refractivity contribution >= 4 is 5.71 Å². The molecule has 0 spiro atoms. The highest BCUT2D eigenvalue weighted by molar-refractivity contribution is 5.88. The van der Waals surface area contributed by atoms with E-state index >= 15 is 0 Å². The van der Waals surface area contributed by atoms with Crippen LogP contribution in [0.25, 0.3) is 0 Å². The van der Waals surface area contributed by atoms with E-state index in [2.05, 4.69) is 28.9 Å². The maximum atomic E-state index is 4.68. The molecular weight excluding hydrogens is 128 g/mol. The van der Waals surface area contributed by atoms with Crippen molar-refractivity contribution in [2.24, 2.45) is 5.16 Å². The smallest absolute Gasteiger partial charge is 0.106 e. The molecule has 1 atom stereocenters. The van der Waals surface area contributed by atoms with Gasteiger partial charge in [-0.1, -0.05) is 5.16 Å². The minimum atomic E-state index is 0.619. The molecule has 0 radical (unpaired) electrons. The van der Waals surface area contributed by atoms with E-state index < -0.39 is 0 Å². The molecule has 1 aliphatic heterocycles. The van der Waals surface area contributed by atoms with Crippen molar-refractivity contribution in [2.75, 3.05) is 20.7 Å². The summed E-state index contributed by atoms with van der Waals surface area (Å²) in [5.74, 6) is 0. The van der Waals surface area contributed by atoms with Crippen LogP contribution in [0.3, 0.4) is 0 Å². The summed E-state index contributed by atoms with van der Waals surface area (Å²) in [6.45, 7) is 3.15. The molecule has 1 saturated heterocycles. The number of rotatable bonds is 1. The molecule has 1 heterocycles. The molecule has 0 aliphatic carbocycles. The van der Waals surface area contributed by atoms with Crippen LogP contribution in [-0.4, -0.2) is 37.4 Å². The first-order chi connectivity index (χ1) is 4.74. The quantitative estimate of drug-likeness (QED) is 0.504. The van der Waals surface area contributed by atoms with Crippen LogP contribution in [0.15, 0.2) is 5.16 Å². The number of oxime groups is 1. The van der Waals surface area contributed by atoms with Crippen LogP contribution < -0.4 is 0 Å². The van der Waals surface area contributed by atoms with E-state index in [1.165, 1.54) is 0 Å². The SMILES string of the molecule is CO/N=C1/CC(C)N(C)C1. The minimum absolute atomic E-state index is 0.619. The Morgan fingerprint density at radius 3 is 2.80 bits per heavy atom. The summed E-state index contributed by atoms with van der Waals surface area (Å²) in [6.07, 6.45) is 1.05. The predicted octanol–water partition coefficient (Wildman–Crippen LogP) is 0.713. The second-order valence-corrected chi connectivity index (χ2v) is 2.81. The molecule has 0 aromatic rings. The first kappa shape index (κ1) is 7.54. The Kier molecular flexibility index (Phi) is 2.27. The third-order valence-electron chi connectivity index (χ3n) is 1.94. The Labute approximate surface area is 61.6 Å². The molecule has 0 saturated carbocycles. The zero-order valence-electron chi connectivity index (χ0n) is 6.79. The van der Waals surface area contributed by atoms with Gasteiger partial charge in [-0.05, 0) is 14.0 Å². The minimum Gasteiger partial charge on any atom is -0.399 e. The normalized spacial score (nSPS) is 31.5. The molecule has 3 nitrogen and oxygen atoms in total. The summed E-state index contributed by atoms with van der Waals surface area (Å²) >= 11 is 0. The fourth-order valence-electron chi connectivity index (χ4n) is 1.20. The van der Waals surface area contributed by atoms with E-state index in [-0.39, 0.29) is 0 Å². The molecule has 1 fully saturated rings. The molecule has 3 heteroatoms. The maximum Gasteiger partial charge on any atom is 0.106 e. The van der Waals surface area contributed by atoms with Gasteiger partial charge in [0.1, 0.15) is 7.11 Å². The zero-order chi connectivity index (χ0) is 7.56. The predicted molar refractivity (Wildman–Crippen MR) is 41.2 cm³/mol. The van der Waals surface area contributed by atoms with E-state index in [1.807, 2.05) is 0 Å². The van der Waals surface area contributed by atoms with Gasteiger partial charge in [-0.2, -0.15) is 0 Å². The van der Waals surface area contributed by atoms with Gasteiger partial charge >= 0.3 is 0 Å². The number of nitrogens with zero attached hydrogens (tertiary/aromatic N) is 2. The Morgan fingerprint density at radius 2 is 2.40 bits per heavy atom. The van der Waals surface area contributed by atoms with Crippen molar-refractivity contribution in [1.82, 2.24) is 4.90 Å². The summed E-state index contributed by atoms with van der Waals surface area (Å²) in [7, 11) is 3.69. The van der Waals surface area contributed by atoms with Gasteiger partial charge in [-0.25, -0.2) is 0 Å². The molecule has 0 N–H and O–H groups in total. The average Bonchev–Trinajstić information content (AvgIpc) is 2.14. The lowest BCUT2D eigenvalue weighted by atomic mass is 10.2. The van der Waals surface area contributed by atoms with Gasteiger partial charge in [0.25, 0.3) is 0 Å². The van der Waals surface area contributed by atoms with Gasteiger partial charge in [0.05, 0.1) is 5.71 Å². The van der Waals surface area contributed by atoms with E-state index in [9.17, 15) is 0 Å². The third kappa shape index (κ3) is 1.48.